The van der Waals surface area contributed by atoms with Gasteiger partial charge < -0.3 is 15.0 Å². The first-order chi connectivity index (χ1) is 19.1. The molecule has 0 saturated heterocycles. The van der Waals surface area contributed by atoms with Gasteiger partial charge in [-0.25, -0.2) is 4.79 Å². The number of amides is 1. The van der Waals surface area contributed by atoms with Crippen LogP contribution in [-0.4, -0.2) is 33.9 Å². The van der Waals surface area contributed by atoms with Gasteiger partial charge in [0.05, 0.1) is 10.6 Å². The van der Waals surface area contributed by atoms with E-state index in [0.29, 0.717) is 36.7 Å². The summed E-state index contributed by atoms with van der Waals surface area (Å²) in [6, 6.07) is 26.6. The van der Waals surface area contributed by atoms with Crippen LogP contribution in [0.25, 0.3) is 0 Å². The van der Waals surface area contributed by atoms with Crippen molar-refractivity contribution in [2.24, 2.45) is 4.99 Å². The normalized spacial score (nSPS) is 12.3. The van der Waals surface area contributed by atoms with Gasteiger partial charge in [-0.15, -0.1) is 0 Å². The average molecular weight is 544 g/mol. The zero-order valence-electron chi connectivity index (χ0n) is 23.7. The molecule has 0 saturated carbocycles. The molecule has 9 nitrogen and oxygen atoms in total. The summed E-state index contributed by atoms with van der Waals surface area (Å²) < 4.78 is 5.33. The molecule has 0 atom stereocenters. The summed E-state index contributed by atoms with van der Waals surface area (Å²) in [5.74, 6) is 0.130. The minimum absolute atomic E-state index is 0.126. The molecule has 0 aliphatic carbocycles. The van der Waals surface area contributed by atoms with E-state index in [0.717, 1.165) is 11.1 Å². The number of amidine groups is 1. The van der Waals surface area contributed by atoms with Gasteiger partial charge in [0.15, 0.2) is 0 Å². The Morgan fingerprint density at radius 3 is 1.90 bits per heavy atom. The van der Waals surface area contributed by atoms with Crippen molar-refractivity contribution in [2.75, 3.05) is 17.2 Å². The second-order valence-electron chi connectivity index (χ2n) is 10.2. The Labute approximate surface area is 235 Å². The summed E-state index contributed by atoms with van der Waals surface area (Å²) >= 11 is 0. The number of nitrogens with zero attached hydrogens (tertiary/aromatic N) is 3. The van der Waals surface area contributed by atoms with Gasteiger partial charge in [-0.3, -0.25) is 20.4 Å². The minimum atomic E-state index is -0.644. The molecule has 0 fully saturated rings. The van der Waals surface area contributed by atoms with Crippen LogP contribution < -0.4 is 10.6 Å². The second-order valence-corrected chi connectivity index (χ2v) is 10.2. The van der Waals surface area contributed by atoms with Crippen molar-refractivity contribution in [1.29, 1.82) is 0 Å². The van der Waals surface area contributed by atoms with Crippen molar-refractivity contribution in [1.82, 2.24) is 4.90 Å². The highest BCUT2D eigenvalue weighted by Gasteiger charge is 2.27. The maximum absolute atomic E-state index is 12.5. The Hall–Kier alpha value is -4.66. The molecule has 210 valence electrons. The van der Waals surface area contributed by atoms with Crippen molar-refractivity contribution >= 4 is 23.3 Å². The van der Waals surface area contributed by atoms with E-state index in [4.69, 9.17) is 4.74 Å². The summed E-state index contributed by atoms with van der Waals surface area (Å²) in [7, 11) is 0. The monoisotopic (exact) mass is 543 g/mol. The van der Waals surface area contributed by atoms with Gasteiger partial charge >= 0.3 is 11.8 Å². The molecule has 2 N–H and O–H groups in total. The molecule has 0 aliphatic rings. The summed E-state index contributed by atoms with van der Waals surface area (Å²) in [4.78, 5) is 30.8. The fourth-order valence-corrected chi connectivity index (χ4v) is 4.00. The largest absolute Gasteiger partial charge is 0.444 e. The van der Waals surface area contributed by atoms with Gasteiger partial charge in [0.1, 0.15) is 5.60 Å². The van der Waals surface area contributed by atoms with E-state index in [1.807, 2.05) is 72.5 Å². The quantitative estimate of drug-likeness (QED) is 0.122. The number of allylic oxidation sites excluding steroid dienone is 1. The summed E-state index contributed by atoms with van der Waals surface area (Å²) in [5.41, 5.74) is 2.78. The summed E-state index contributed by atoms with van der Waals surface area (Å²) in [5, 5.41) is 18.3. The van der Waals surface area contributed by atoms with Crippen LogP contribution in [0.4, 0.5) is 16.2 Å². The SMILES string of the molecule is CC/N=C(Nc1cccc(NC(=O)OC(C)(C)C)c1)\C(=C(/C)N(Cc1ccccc1)Cc1ccccc1)[N+](=O)[O-]. The first-order valence-corrected chi connectivity index (χ1v) is 13.2. The van der Waals surface area contributed by atoms with Crippen LogP contribution in [-0.2, 0) is 17.8 Å². The van der Waals surface area contributed by atoms with E-state index in [1.54, 1.807) is 52.0 Å². The number of carbonyl (C=O) groups excluding carboxylic acids is 1. The third-order valence-corrected chi connectivity index (χ3v) is 5.74. The fraction of sp³-hybridized carbons (Fsp3) is 0.290. The van der Waals surface area contributed by atoms with Gasteiger partial charge in [0, 0.05) is 31.0 Å². The van der Waals surface area contributed by atoms with Crippen LogP contribution in [0.3, 0.4) is 0 Å². The predicted molar refractivity (Wildman–Crippen MR) is 160 cm³/mol. The number of carbonyl (C=O) groups is 1. The van der Waals surface area contributed by atoms with Crippen LogP contribution in [0.5, 0.6) is 0 Å². The van der Waals surface area contributed by atoms with Gasteiger partial charge in [-0.05, 0) is 63.9 Å². The van der Waals surface area contributed by atoms with Crippen LogP contribution in [0.15, 0.2) is 101 Å². The highest BCUT2D eigenvalue weighted by molar-refractivity contribution is 6.07. The van der Waals surface area contributed by atoms with E-state index in [1.165, 1.54) is 0 Å². The van der Waals surface area contributed by atoms with Crippen molar-refractivity contribution in [3.63, 3.8) is 0 Å². The Balaban J connectivity index is 1.96. The molecule has 3 rings (SSSR count). The highest BCUT2D eigenvalue weighted by atomic mass is 16.6. The fourth-order valence-electron chi connectivity index (χ4n) is 4.00. The molecule has 0 radical (unpaired) electrons. The number of aliphatic imine (C=N–C) groups is 1. The second kappa shape index (κ2) is 13.9. The molecule has 0 heterocycles. The van der Waals surface area contributed by atoms with Crippen molar-refractivity contribution in [3.8, 4) is 0 Å². The van der Waals surface area contributed by atoms with E-state index >= 15 is 0 Å². The lowest BCUT2D eigenvalue weighted by Gasteiger charge is -2.26. The first kappa shape index (κ1) is 29.9. The molecule has 9 heteroatoms. The number of hydrogen-bond donors (Lipinski definition) is 2. The molecule has 0 aliphatic heterocycles. The number of ether oxygens (including phenoxy) is 1. The van der Waals surface area contributed by atoms with E-state index in [9.17, 15) is 14.9 Å². The van der Waals surface area contributed by atoms with E-state index in [2.05, 4.69) is 15.6 Å². The standard InChI is InChI=1S/C31H37N5O4/c1-6-32-29(33-26-18-13-19-27(20-26)34-30(37)40-31(3,4)5)28(36(38)39)23(2)35(21-24-14-9-7-10-15-24)22-25-16-11-8-12-17-25/h7-20H,6,21-22H2,1-5H3,(H,32,33)(H,34,37)/b28-23-. The summed E-state index contributed by atoms with van der Waals surface area (Å²) in [6.45, 7) is 10.2. The molecule has 3 aromatic carbocycles. The molecule has 0 bridgehead atoms. The Bertz CT molecular complexity index is 1310. The smallest absolute Gasteiger partial charge is 0.412 e. The maximum Gasteiger partial charge on any atom is 0.412 e. The molecular formula is C31H37N5O4. The number of benzene rings is 3. The molecule has 0 aromatic heterocycles. The lowest BCUT2D eigenvalue weighted by molar-refractivity contribution is -0.417. The lowest BCUT2D eigenvalue weighted by Crippen LogP contribution is -2.29. The number of hydrogen-bond acceptors (Lipinski definition) is 6. The molecular weight excluding hydrogens is 506 g/mol. The first-order valence-electron chi connectivity index (χ1n) is 13.2. The Morgan fingerprint density at radius 1 is 0.900 bits per heavy atom. The zero-order valence-corrected chi connectivity index (χ0v) is 23.7. The average Bonchev–Trinajstić information content (AvgIpc) is 2.88. The van der Waals surface area contributed by atoms with Gasteiger partial charge in [0.2, 0.25) is 5.84 Å². The van der Waals surface area contributed by atoms with Crippen LogP contribution in [0.2, 0.25) is 0 Å². The predicted octanol–water partition coefficient (Wildman–Crippen LogP) is 7.07. The van der Waals surface area contributed by atoms with Gasteiger partial charge in [-0.1, -0.05) is 66.7 Å². The number of nitrogens with one attached hydrogen (secondary N) is 2. The van der Waals surface area contributed by atoms with E-state index in [-0.39, 0.29) is 11.5 Å². The van der Waals surface area contributed by atoms with Gasteiger partial charge in [-0.2, -0.15) is 0 Å². The number of rotatable bonds is 10. The summed E-state index contributed by atoms with van der Waals surface area (Å²) in [6.07, 6.45) is -0.591. The molecule has 3 aromatic rings. The van der Waals surface area contributed by atoms with E-state index < -0.39 is 16.6 Å². The van der Waals surface area contributed by atoms with Crippen molar-refractivity contribution in [2.45, 2.75) is 53.3 Å². The van der Waals surface area contributed by atoms with Crippen molar-refractivity contribution < 1.29 is 14.5 Å². The highest BCUT2D eigenvalue weighted by Crippen LogP contribution is 2.22. The van der Waals surface area contributed by atoms with Crippen LogP contribution in [0, 0.1) is 10.1 Å². The zero-order chi connectivity index (χ0) is 29.1. The van der Waals surface area contributed by atoms with Crippen LogP contribution in [0.1, 0.15) is 45.7 Å². The van der Waals surface area contributed by atoms with Gasteiger partial charge in [0.25, 0.3) is 0 Å². The maximum atomic E-state index is 12.5. The van der Waals surface area contributed by atoms with Crippen LogP contribution >= 0.6 is 0 Å². The number of nitro groups is 1. The molecule has 1 amide bonds. The Morgan fingerprint density at radius 2 is 1.43 bits per heavy atom. The lowest BCUT2D eigenvalue weighted by atomic mass is 10.1. The molecule has 40 heavy (non-hydrogen) atoms. The molecule has 0 spiro atoms. The minimum Gasteiger partial charge on any atom is -0.444 e. The Kier molecular flexibility index (Phi) is 10.4. The van der Waals surface area contributed by atoms with Crippen molar-refractivity contribution in [3.05, 3.63) is 118 Å². The third kappa shape index (κ3) is 9.27. The third-order valence-electron chi connectivity index (χ3n) is 5.74. The number of anilines is 2. The molecule has 0 unspecified atom stereocenters. The topological polar surface area (TPSA) is 109 Å².